The van der Waals surface area contributed by atoms with Gasteiger partial charge in [0, 0.05) is 16.7 Å². The van der Waals surface area contributed by atoms with Gasteiger partial charge in [0.2, 0.25) is 5.88 Å². The fourth-order valence-electron chi connectivity index (χ4n) is 2.33. The number of carbonyl (C=O) groups excluding carboxylic acids is 1. The van der Waals surface area contributed by atoms with Crippen LogP contribution in [0.2, 0.25) is 5.02 Å². The van der Waals surface area contributed by atoms with Crippen molar-refractivity contribution in [2.75, 3.05) is 0 Å². The third-order valence-corrected chi connectivity index (χ3v) is 3.51. The molecule has 134 valence electrons. The third-order valence-electron chi connectivity index (χ3n) is 3.27. The number of benzene rings is 2. The fourth-order valence-corrected chi connectivity index (χ4v) is 2.51. The van der Waals surface area contributed by atoms with E-state index < -0.39 is 6.36 Å². The molecule has 0 unspecified atom stereocenters. The maximum absolute atomic E-state index is 12.5. The summed E-state index contributed by atoms with van der Waals surface area (Å²) < 4.78 is 47.5. The molecule has 0 saturated heterocycles. The molecule has 0 aliphatic carbocycles. The molecular formula is C17H10ClF3N2O3. The van der Waals surface area contributed by atoms with Crippen molar-refractivity contribution >= 4 is 18.1 Å². The first-order valence-corrected chi connectivity index (χ1v) is 7.56. The van der Waals surface area contributed by atoms with Crippen LogP contribution >= 0.6 is 11.6 Å². The molecule has 0 fully saturated rings. The van der Waals surface area contributed by atoms with Gasteiger partial charge in [-0.25, -0.2) is 4.68 Å². The number of nitrogens with zero attached hydrogens (tertiary/aromatic N) is 2. The normalized spacial score (nSPS) is 11.2. The Hall–Kier alpha value is -3.00. The molecule has 0 saturated carbocycles. The van der Waals surface area contributed by atoms with Crippen LogP contribution in [0.4, 0.5) is 13.2 Å². The van der Waals surface area contributed by atoms with E-state index in [1.54, 1.807) is 30.3 Å². The van der Waals surface area contributed by atoms with Crippen molar-refractivity contribution in [1.82, 2.24) is 9.78 Å². The molecule has 1 heterocycles. The van der Waals surface area contributed by atoms with E-state index in [0.29, 0.717) is 22.0 Å². The molecule has 3 rings (SSSR count). The lowest BCUT2D eigenvalue weighted by Gasteiger charge is -2.11. The molecule has 0 amide bonds. The van der Waals surface area contributed by atoms with E-state index in [1.807, 2.05) is 0 Å². The van der Waals surface area contributed by atoms with E-state index in [1.165, 1.54) is 28.9 Å². The van der Waals surface area contributed by atoms with E-state index in [0.717, 1.165) is 0 Å². The van der Waals surface area contributed by atoms with Gasteiger partial charge in [0.15, 0.2) is 0 Å². The summed E-state index contributed by atoms with van der Waals surface area (Å²) in [7, 11) is 0. The van der Waals surface area contributed by atoms with E-state index in [9.17, 15) is 18.0 Å². The highest BCUT2D eigenvalue weighted by Crippen LogP contribution is 2.31. The van der Waals surface area contributed by atoms with Crippen molar-refractivity contribution in [1.29, 1.82) is 0 Å². The van der Waals surface area contributed by atoms with Crippen molar-refractivity contribution in [2.45, 2.75) is 6.36 Å². The average Bonchev–Trinajstić information content (AvgIpc) is 2.98. The van der Waals surface area contributed by atoms with Crippen LogP contribution < -0.4 is 9.47 Å². The monoisotopic (exact) mass is 382 g/mol. The van der Waals surface area contributed by atoms with Crippen LogP contribution in [0.3, 0.4) is 0 Å². The number of aromatic nitrogens is 2. The zero-order valence-corrected chi connectivity index (χ0v) is 13.7. The van der Waals surface area contributed by atoms with Crippen molar-refractivity contribution in [2.24, 2.45) is 0 Å². The number of hydrogen-bond donors (Lipinski definition) is 0. The van der Waals surface area contributed by atoms with Crippen LogP contribution in [-0.2, 0) is 4.79 Å². The molecule has 26 heavy (non-hydrogen) atoms. The molecule has 0 aliphatic rings. The van der Waals surface area contributed by atoms with Crippen LogP contribution in [0.15, 0.2) is 54.6 Å². The summed E-state index contributed by atoms with van der Waals surface area (Å²) in [4.78, 5) is 10.6. The Labute approximate surface area is 150 Å². The van der Waals surface area contributed by atoms with Gasteiger partial charge in [0.05, 0.1) is 11.4 Å². The van der Waals surface area contributed by atoms with Crippen molar-refractivity contribution in [3.05, 3.63) is 59.6 Å². The predicted octanol–water partition coefficient (Wildman–Crippen LogP) is 4.63. The van der Waals surface area contributed by atoms with Gasteiger partial charge in [-0.15, -0.1) is 18.3 Å². The number of alkyl halides is 3. The molecule has 0 aliphatic heterocycles. The minimum Gasteiger partial charge on any atom is -0.408 e. The standard InChI is InChI=1S/C17H10ClF3N2O3/c18-12-4-2-5-13(8-12)23-15(9-16(22-23)25-10-24)11-3-1-6-14(7-11)26-17(19,20)21/h1-10H. The Morgan fingerprint density at radius 1 is 1.08 bits per heavy atom. The SMILES string of the molecule is O=COc1cc(-c2cccc(OC(F)(F)F)c2)n(-c2cccc(Cl)c2)n1. The molecule has 0 radical (unpaired) electrons. The average molecular weight is 383 g/mol. The van der Waals surface area contributed by atoms with Gasteiger partial charge >= 0.3 is 6.36 Å². The minimum absolute atomic E-state index is 0.0166. The summed E-state index contributed by atoms with van der Waals surface area (Å²) in [5.41, 5.74) is 1.30. The first-order valence-electron chi connectivity index (χ1n) is 7.18. The molecule has 0 spiro atoms. The highest BCUT2D eigenvalue weighted by Gasteiger charge is 2.31. The molecule has 3 aromatic rings. The molecular weight excluding hydrogens is 373 g/mol. The van der Waals surface area contributed by atoms with E-state index >= 15 is 0 Å². The number of hydrogen-bond acceptors (Lipinski definition) is 4. The summed E-state index contributed by atoms with van der Waals surface area (Å²) in [5.74, 6) is -0.399. The van der Waals surface area contributed by atoms with Gasteiger partial charge in [-0.05, 0) is 30.3 Å². The first-order chi connectivity index (χ1) is 12.4. The smallest absolute Gasteiger partial charge is 0.408 e. The van der Waals surface area contributed by atoms with Gasteiger partial charge in [-0.3, -0.25) is 4.79 Å². The van der Waals surface area contributed by atoms with Gasteiger partial charge in [-0.2, -0.15) is 0 Å². The van der Waals surface area contributed by atoms with Crippen LogP contribution in [-0.4, -0.2) is 22.6 Å². The lowest BCUT2D eigenvalue weighted by molar-refractivity contribution is -0.274. The van der Waals surface area contributed by atoms with Crippen LogP contribution in [0.25, 0.3) is 16.9 Å². The van der Waals surface area contributed by atoms with Gasteiger partial charge < -0.3 is 9.47 Å². The molecule has 1 aromatic heterocycles. The predicted molar refractivity (Wildman–Crippen MR) is 87.4 cm³/mol. The summed E-state index contributed by atoms with van der Waals surface area (Å²) in [5, 5.41) is 4.57. The Morgan fingerprint density at radius 3 is 2.54 bits per heavy atom. The number of ether oxygens (including phenoxy) is 2. The Morgan fingerprint density at radius 2 is 1.85 bits per heavy atom. The summed E-state index contributed by atoms with van der Waals surface area (Å²) in [6.07, 6.45) is -4.81. The first kappa shape index (κ1) is 17.8. The summed E-state index contributed by atoms with van der Waals surface area (Å²) >= 11 is 5.99. The minimum atomic E-state index is -4.81. The van der Waals surface area contributed by atoms with Crippen molar-refractivity contribution < 1.29 is 27.4 Å². The summed E-state index contributed by atoms with van der Waals surface area (Å²) in [6.45, 7) is 0.206. The lowest BCUT2D eigenvalue weighted by atomic mass is 10.1. The molecule has 2 aromatic carbocycles. The highest BCUT2D eigenvalue weighted by atomic mass is 35.5. The molecule has 0 N–H and O–H groups in total. The summed E-state index contributed by atoms with van der Waals surface area (Å²) in [6, 6.07) is 13.4. The van der Waals surface area contributed by atoms with E-state index in [-0.39, 0.29) is 18.1 Å². The molecule has 9 heteroatoms. The topological polar surface area (TPSA) is 53.4 Å². The molecule has 0 atom stereocenters. The van der Waals surface area contributed by atoms with E-state index in [4.69, 9.17) is 16.3 Å². The second-order valence-electron chi connectivity index (χ2n) is 5.05. The zero-order valence-electron chi connectivity index (χ0n) is 12.9. The van der Waals surface area contributed by atoms with Crippen LogP contribution in [0.5, 0.6) is 11.6 Å². The highest BCUT2D eigenvalue weighted by molar-refractivity contribution is 6.30. The van der Waals surface area contributed by atoms with Crippen molar-refractivity contribution in [3.63, 3.8) is 0 Å². The number of rotatable bonds is 5. The maximum Gasteiger partial charge on any atom is 0.573 e. The Balaban J connectivity index is 2.09. The quantitative estimate of drug-likeness (QED) is 0.604. The van der Waals surface area contributed by atoms with Crippen LogP contribution in [0, 0.1) is 0 Å². The fraction of sp³-hybridized carbons (Fsp3) is 0.0588. The van der Waals surface area contributed by atoms with Gasteiger partial charge in [0.1, 0.15) is 5.75 Å². The lowest BCUT2D eigenvalue weighted by Crippen LogP contribution is -2.17. The maximum atomic E-state index is 12.5. The largest absolute Gasteiger partial charge is 0.573 e. The zero-order chi connectivity index (χ0) is 18.7. The van der Waals surface area contributed by atoms with Crippen molar-refractivity contribution in [3.8, 4) is 28.6 Å². The second-order valence-corrected chi connectivity index (χ2v) is 5.49. The molecule has 0 bridgehead atoms. The third kappa shape index (κ3) is 4.15. The molecule has 5 nitrogen and oxygen atoms in total. The number of carbonyl (C=O) groups is 1. The van der Waals surface area contributed by atoms with Gasteiger partial charge in [-0.1, -0.05) is 29.8 Å². The Kier molecular flexibility index (Phi) is 4.85. The number of halogens is 4. The van der Waals surface area contributed by atoms with Crippen LogP contribution in [0.1, 0.15) is 0 Å². The second kappa shape index (κ2) is 7.09. The Bertz CT molecular complexity index is 941. The van der Waals surface area contributed by atoms with E-state index in [2.05, 4.69) is 9.84 Å². The van der Waals surface area contributed by atoms with Gasteiger partial charge in [0.25, 0.3) is 6.47 Å².